The average molecular weight is 358 g/mol. The molecule has 1 N–H and O–H groups in total. The van der Waals surface area contributed by atoms with Crippen LogP contribution in [0.2, 0.25) is 0 Å². The van der Waals surface area contributed by atoms with Crippen LogP contribution in [-0.2, 0) is 0 Å². The Balaban J connectivity index is 2.07. The van der Waals surface area contributed by atoms with E-state index in [-0.39, 0.29) is 23.7 Å². The number of halogens is 2. The molecule has 2 rings (SSSR count). The third kappa shape index (κ3) is 3.59. The van der Waals surface area contributed by atoms with Gasteiger partial charge in [-0.3, -0.25) is 0 Å². The zero-order valence-electron chi connectivity index (χ0n) is 11.6. The van der Waals surface area contributed by atoms with Crippen LogP contribution in [0.1, 0.15) is 36.4 Å². The topological polar surface area (TPSA) is 21.3 Å². The molecule has 2 atom stereocenters. The first-order valence-corrected chi connectivity index (χ1v) is 8.02. The van der Waals surface area contributed by atoms with Crippen molar-refractivity contribution in [2.24, 2.45) is 0 Å². The van der Waals surface area contributed by atoms with E-state index in [4.69, 9.17) is 4.74 Å². The maximum absolute atomic E-state index is 13.7. The number of thiophene rings is 1. The van der Waals surface area contributed by atoms with Gasteiger partial charge in [0, 0.05) is 26.8 Å². The summed E-state index contributed by atoms with van der Waals surface area (Å²) in [7, 11) is 1.47. The molecule has 0 aliphatic rings. The van der Waals surface area contributed by atoms with E-state index in [2.05, 4.69) is 39.6 Å². The maximum Gasteiger partial charge on any atom is 0.165 e. The summed E-state index contributed by atoms with van der Waals surface area (Å²) in [6.07, 6.45) is 0. The van der Waals surface area contributed by atoms with Gasteiger partial charge in [0.05, 0.1) is 7.11 Å². The van der Waals surface area contributed by atoms with Crippen LogP contribution in [-0.4, -0.2) is 7.11 Å². The van der Waals surface area contributed by atoms with E-state index in [9.17, 15) is 4.39 Å². The largest absolute Gasteiger partial charge is 0.494 e. The predicted octanol–water partition coefficient (Wildman–Crippen LogP) is 5.07. The Morgan fingerprint density at radius 3 is 2.55 bits per heavy atom. The molecule has 0 aliphatic heterocycles. The molecule has 108 valence electrons. The highest BCUT2D eigenvalue weighted by atomic mass is 79.9. The molecule has 0 saturated carbocycles. The third-order valence-electron chi connectivity index (χ3n) is 3.19. The van der Waals surface area contributed by atoms with Gasteiger partial charge >= 0.3 is 0 Å². The van der Waals surface area contributed by atoms with E-state index in [1.165, 1.54) is 18.1 Å². The average Bonchev–Trinajstić information content (AvgIpc) is 2.85. The second kappa shape index (κ2) is 6.70. The van der Waals surface area contributed by atoms with Gasteiger partial charge in [-0.15, -0.1) is 11.3 Å². The summed E-state index contributed by atoms with van der Waals surface area (Å²) >= 11 is 5.16. The minimum absolute atomic E-state index is 0.0614. The molecule has 5 heteroatoms. The van der Waals surface area contributed by atoms with Crippen molar-refractivity contribution >= 4 is 27.3 Å². The first-order chi connectivity index (χ1) is 9.51. The fourth-order valence-electron chi connectivity index (χ4n) is 2.06. The molecular formula is C15H17BrFNOS. The molecule has 1 aromatic carbocycles. The van der Waals surface area contributed by atoms with Crippen molar-refractivity contribution in [2.45, 2.75) is 25.9 Å². The Morgan fingerprint density at radius 2 is 2.00 bits per heavy atom. The summed E-state index contributed by atoms with van der Waals surface area (Å²) < 4.78 is 19.7. The van der Waals surface area contributed by atoms with Crippen LogP contribution in [0.3, 0.4) is 0 Å². The Labute approximate surface area is 131 Å². The summed E-state index contributed by atoms with van der Waals surface area (Å²) in [5.41, 5.74) is 0.908. The van der Waals surface area contributed by atoms with Gasteiger partial charge in [0.25, 0.3) is 0 Å². The number of nitrogens with one attached hydrogen (secondary N) is 1. The fourth-order valence-corrected chi connectivity index (χ4v) is 3.52. The molecule has 0 saturated heterocycles. The molecule has 20 heavy (non-hydrogen) atoms. The Morgan fingerprint density at radius 1 is 1.25 bits per heavy atom. The van der Waals surface area contributed by atoms with Crippen molar-refractivity contribution in [3.63, 3.8) is 0 Å². The van der Waals surface area contributed by atoms with Crippen molar-refractivity contribution in [1.29, 1.82) is 0 Å². The van der Waals surface area contributed by atoms with Crippen LogP contribution < -0.4 is 10.1 Å². The minimum Gasteiger partial charge on any atom is -0.494 e. The number of hydrogen-bond acceptors (Lipinski definition) is 3. The lowest BCUT2D eigenvalue weighted by Crippen LogP contribution is -2.21. The van der Waals surface area contributed by atoms with Gasteiger partial charge in [-0.05, 0) is 53.5 Å². The van der Waals surface area contributed by atoms with Gasteiger partial charge in [0.1, 0.15) is 0 Å². The lowest BCUT2D eigenvalue weighted by molar-refractivity contribution is 0.385. The molecular weight excluding hydrogens is 341 g/mol. The minimum atomic E-state index is -0.329. The SMILES string of the molecule is COc1ccc(C(C)NC(C)c2cc(Br)cs2)cc1F. The lowest BCUT2D eigenvalue weighted by atomic mass is 10.1. The van der Waals surface area contributed by atoms with Gasteiger partial charge < -0.3 is 10.1 Å². The summed E-state index contributed by atoms with van der Waals surface area (Å²) in [5, 5.41) is 5.53. The number of methoxy groups -OCH3 is 1. The summed E-state index contributed by atoms with van der Waals surface area (Å²) in [5.74, 6) is -0.0543. The quantitative estimate of drug-likeness (QED) is 0.806. The van der Waals surface area contributed by atoms with Crippen LogP contribution in [0, 0.1) is 5.82 Å². The third-order valence-corrected chi connectivity index (χ3v) is 5.07. The first-order valence-electron chi connectivity index (χ1n) is 6.34. The molecule has 2 aromatic rings. The van der Waals surface area contributed by atoms with Crippen molar-refractivity contribution in [3.05, 3.63) is 50.4 Å². The standard InChI is InChI=1S/C15H17BrFNOS/c1-9(11-4-5-14(19-3)13(17)6-11)18-10(2)15-7-12(16)8-20-15/h4-10,18H,1-3H3. The van der Waals surface area contributed by atoms with Crippen LogP contribution >= 0.6 is 27.3 Å². The van der Waals surface area contributed by atoms with E-state index in [1.54, 1.807) is 17.4 Å². The summed E-state index contributed by atoms with van der Waals surface area (Å²) in [4.78, 5) is 1.25. The highest BCUT2D eigenvalue weighted by Crippen LogP contribution is 2.28. The van der Waals surface area contributed by atoms with E-state index in [1.807, 2.05) is 13.0 Å². The van der Waals surface area contributed by atoms with Gasteiger partial charge in [-0.1, -0.05) is 6.07 Å². The molecule has 1 aromatic heterocycles. The van der Waals surface area contributed by atoms with E-state index < -0.39 is 0 Å². The fraction of sp³-hybridized carbons (Fsp3) is 0.333. The summed E-state index contributed by atoms with van der Waals surface area (Å²) in [6.45, 7) is 4.13. The van der Waals surface area contributed by atoms with Crippen molar-refractivity contribution < 1.29 is 9.13 Å². The molecule has 0 bridgehead atoms. The summed E-state index contributed by atoms with van der Waals surface area (Å²) in [6, 6.07) is 7.45. The van der Waals surface area contributed by atoms with Crippen LogP contribution in [0.5, 0.6) is 5.75 Å². The lowest BCUT2D eigenvalue weighted by Gasteiger charge is -2.20. The van der Waals surface area contributed by atoms with Crippen LogP contribution in [0.15, 0.2) is 34.1 Å². The van der Waals surface area contributed by atoms with Crippen molar-refractivity contribution in [3.8, 4) is 5.75 Å². The first kappa shape index (κ1) is 15.5. The Hall–Kier alpha value is -0.910. The maximum atomic E-state index is 13.7. The van der Waals surface area contributed by atoms with Gasteiger partial charge in [0.2, 0.25) is 0 Å². The van der Waals surface area contributed by atoms with Crippen LogP contribution in [0.4, 0.5) is 4.39 Å². The molecule has 0 fully saturated rings. The van der Waals surface area contributed by atoms with Crippen molar-refractivity contribution in [2.75, 3.05) is 7.11 Å². The van der Waals surface area contributed by atoms with Crippen molar-refractivity contribution in [1.82, 2.24) is 5.32 Å². The highest BCUT2D eigenvalue weighted by molar-refractivity contribution is 9.10. The van der Waals surface area contributed by atoms with Gasteiger partial charge in [0.15, 0.2) is 11.6 Å². The molecule has 2 unspecified atom stereocenters. The molecule has 0 aliphatic carbocycles. The van der Waals surface area contributed by atoms with E-state index in [0.29, 0.717) is 0 Å². The predicted molar refractivity (Wildman–Crippen MR) is 84.9 cm³/mol. The number of rotatable bonds is 5. The van der Waals surface area contributed by atoms with Crippen LogP contribution in [0.25, 0.3) is 0 Å². The second-order valence-corrected chi connectivity index (χ2v) is 6.53. The molecule has 0 radical (unpaired) electrons. The zero-order valence-corrected chi connectivity index (χ0v) is 14.0. The number of benzene rings is 1. The Kier molecular flexibility index (Phi) is 5.18. The molecule has 2 nitrogen and oxygen atoms in total. The molecule has 0 amide bonds. The van der Waals surface area contributed by atoms with Gasteiger partial charge in [-0.2, -0.15) is 0 Å². The Bertz CT molecular complexity index is 587. The number of ether oxygens (including phenoxy) is 1. The second-order valence-electron chi connectivity index (χ2n) is 4.67. The molecule has 1 heterocycles. The monoisotopic (exact) mass is 357 g/mol. The van der Waals surface area contributed by atoms with E-state index >= 15 is 0 Å². The smallest absolute Gasteiger partial charge is 0.165 e. The number of hydrogen-bond donors (Lipinski definition) is 1. The molecule has 0 spiro atoms. The normalized spacial score (nSPS) is 14.1. The van der Waals surface area contributed by atoms with E-state index in [0.717, 1.165) is 10.0 Å². The van der Waals surface area contributed by atoms with Gasteiger partial charge in [-0.25, -0.2) is 4.39 Å². The highest BCUT2D eigenvalue weighted by Gasteiger charge is 2.14. The zero-order chi connectivity index (χ0) is 14.7.